The molecular formula is C13H15N3O. The second-order valence-electron chi connectivity index (χ2n) is 3.64. The first-order valence-electron chi connectivity index (χ1n) is 5.49. The quantitative estimate of drug-likeness (QED) is 0.866. The molecule has 0 aliphatic rings. The molecule has 4 heteroatoms. The highest BCUT2D eigenvalue weighted by molar-refractivity contribution is 5.60. The Kier molecular flexibility index (Phi) is 3.67. The van der Waals surface area contributed by atoms with Gasteiger partial charge >= 0.3 is 0 Å². The fourth-order valence-corrected chi connectivity index (χ4v) is 1.67. The molecule has 0 amide bonds. The smallest absolute Gasteiger partial charge is 0.159 e. The molecule has 17 heavy (non-hydrogen) atoms. The van der Waals surface area contributed by atoms with Crippen LogP contribution in [0.15, 0.2) is 36.7 Å². The predicted octanol–water partition coefficient (Wildman–Crippen LogP) is 1.65. The summed E-state index contributed by atoms with van der Waals surface area (Å²) in [5.74, 6) is 1.36. The summed E-state index contributed by atoms with van der Waals surface area (Å²) in [6.07, 6.45) is 4.16. The number of rotatable bonds is 4. The van der Waals surface area contributed by atoms with Crippen LogP contribution in [0.5, 0.6) is 5.75 Å². The Morgan fingerprint density at radius 3 is 2.53 bits per heavy atom. The van der Waals surface area contributed by atoms with Crippen molar-refractivity contribution in [2.24, 2.45) is 5.73 Å². The summed E-state index contributed by atoms with van der Waals surface area (Å²) in [5.41, 5.74) is 7.79. The molecule has 2 aromatic rings. The lowest BCUT2D eigenvalue weighted by Crippen LogP contribution is -2.04. The van der Waals surface area contributed by atoms with Crippen molar-refractivity contribution in [1.82, 2.24) is 9.97 Å². The fourth-order valence-electron chi connectivity index (χ4n) is 1.67. The molecule has 0 unspecified atom stereocenters. The van der Waals surface area contributed by atoms with Gasteiger partial charge < -0.3 is 10.5 Å². The molecule has 0 fully saturated rings. The van der Waals surface area contributed by atoms with Crippen LogP contribution in [0.2, 0.25) is 0 Å². The van der Waals surface area contributed by atoms with Gasteiger partial charge in [0.15, 0.2) is 11.6 Å². The van der Waals surface area contributed by atoms with E-state index >= 15 is 0 Å². The minimum absolute atomic E-state index is 0.618. The average Bonchev–Trinajstić information content (AvgIpc) is 2.40. The van der Waals surface area contributed by atoms with Gasteiger partial charge in [0.2, 0.25) is 0 Å². The molecule has 1 heterocycles. The van der Waals surface area contributed by atoms with Crippen LogP contribution in [0.25, 0.3) is 11.4 Å². The number of hydrogen-bond acceptors (Lipinski definition) is 4. The summed E-state index contributed by atoms with van der Waals surface area (Å²) < 4.78 is 5.04. The molecule has 0 aliphatic carbocycles. The van der Waals surface area contributed by atoms with E-state index in [1.54, 1.807) is 19.5 Å². The van der Waals surface area contributed by atoms with Gasteiger partial charge in [0.25, 0.3) is 0 Å². The molecule has 1 aromatic carbocycles. The van der Waals surface area contributed by atoms with Gasteiger partial charge in [-0.15, -0.1) is 0 Å². The molecule has 4 nitrogen and oxygen atoms in total. The van der Waals surface area contributed by atoms with Crippen molar-refractivity contribution in [2.75, 3.05) is 13.7 Å². The summed E-state index contributed by atoms with van der Waals surface area (Å²) in [6.45, 7) is 0.618. The van der Waals surface area contributed by atoms with E-state index < -0.39 is 0 Å². The summed E-state index contributed by atoms with van der Waals surface area (Å²) in [5, 5.41) is 0. The third-order valence-corrected chi connectivity index (χ3v) is 2.54. The standard InChI is InChI=1S/C13H15N3O/c1-17-11-8-15-13(16-9-11)12-5-3-2-4-10(12)6-7-14/h2-5,8-9H,6-7,14H2,1H3. The molecule has 2 N–H and O–H groups in total. The number of methoxy groups -OCH3 is 1. The number of hydrogen-bond donors (Lipinski definition) is 1. The molecule has 2 rings (SSSR count). The van der Waals surface area contributed by atoms with E-state index in [9.17, 15) is 0 Å². The molecule has 1 aromatic heterocycles. The van der Waals surface area contributed by atoms with Crippen LogP contribution in [0, 0.1) is 0 Å². The van der Waals surface area contributed by atoms with Gasteiger partial charge in [-0.05, 0) is 18.5 Å². The van der Waals surface area contributed by atoms with Gasteiger partial charge in [-0.2, -0.15) is 0 Å². The van der Waals surface area contributed by atoms with Gasteiger partial charge in [0.05, 0.1) is 19.5 Å². The van der Waals surface area contributed by atoms with Crippen molar-refractivity contribution >= 4 is 0 Å². The second kappa shape index (κ2) is 5.41. The van der Waals surface area contributed by atoms with E-state index in [4.69, 9.17) is 10.5 Å². The normalized spacial score (nSPS) is 10.2. The molecule has 0 saturated heterocycles. The van der Waals surface area contributed by atoms with Crippen LogP contribution < -0.4 is 10.5 Å². The molecule has 88 valence electrons. The minimum atomic E-state index is 0.618. The topological polar surface area (TPSA) is 61.0 Å². The Morgan fingerprint density at radius 1 is 1.18 bits per heavy atom. The first-order valence-corrected chi connectivity index (χ1v) is 5.49. The van der Waals surface area contributed by atoms with Crippen molar-refractivity contribution in [2.45, 2.75) is 6.42 Å². The maximum absolute atomic E-state index is 5.59. The first-order chi connectivity index (χ1) is 8.35. The maximum Gasteiger partial charge on any atom is 0.159 e. The van der Waals surface area contributed by atoms with Crippen molar-refractivity contribution < 1.29 is 4.74 Å². The number of aromatic nitrogens is 2. The third kappa shape index (κ3) is 2.60. The van der Waals surface area contributed by atoms with E-state index in [0.717, 1.165) is 12.0 Å². The van der Waals surface area contributed by atoms with Gasteiger partial charge in [0, 0.05) is 5.56 Å². The zero-order chi connectivity index (χ0) is 12.1. The zero-order valence-electron chi connectivity index (χ0n) is 9.76. The highest BCUT2D eigenvalue weighted by atomic mass is 16.5. The number of benzene rings is 1. The lowest BCUT2D eigenvalue weighted by Gasteiger charge is -2.07. The Morgan fingerprint density at radius 2 is 1.88 bits per heavy atom. The van der Waals surface area contributed by atoms with Crippen LogP contribution >= 0.6 is 0 Å². The van der Waals surface area contributed by atoms with Crippen molar-refractivity contribution in [3.8, 4) is 17.1 Å². The first kappa shape index (κ1) is 11.5. The molecule has 0 radical (unpaired) electrons. The molecular weight excluding hydrogens is 214 g/mol. The van der Waals surface area contributed by atoms with Crippen molar-refractivity contribution in [1.29, 1.82) is 0 Å². The van der Waals surface area contributed by atoms with Gasteiger partial charge in [-0.3, -0.25) is 0 Å². The molecule has 0 saturated carbocycles. The molecule has 0 atom stereocenters. The number of nitrogens with zero attached hydrogens (tertiary/aromatic N) is 2. The SMILES string of the molecule is COc1cnc(-c2ccccc2CCN)nc1. The molecule has 0 bridgehead atoms. The monoisotopic (exact) mass is 229 g/mol. The van der Waals surface area contributed by atoms with Crippen LogP contribution in [0.1, 0.15) is 5.56 Å². The zero-order valence-corrected chi connectivity index (χ0v) is 9.76. The third-order valence-electron chi connectivity index (χ3n) is 2.54. The molecule has 0 aliphatic heterocycles. The predicted molar refractivity (Wildman–Crippen MR) is 66.8 cm³/mol. The van der Waals surface area contributed by atoms with Crippen LogP contribution in [0.3, 0.4) is 0 Å². The Hall–Kier alpha value is -1.94. The van der Waals surface area contributed by atoms with Crippen LogP contribution in [-0.4, -0.2) is 23.6 Å². The number of nitrogens with two attached hydrogens (primary N) is 1. The lowest BCUT2D eigenvalue weighted by atomic mass is 10.0. The summed E-state index contributed by atoms with van der Waals surface area (Å²) >= 11 is 0. The maximum atomic E-state index is 5.59. The van der Waals surface area contributed by atoms with Crippen LogP contribution in [-0.2, 0) is 6.42 Å². The average molecular weight is 229 g/mol. The largest absolute Gasteiger partial charge is 0.494 e. The Labute approximate surface area is 100 Å². The highest BCUT2D eigenvalue weighted by Gasteiger charge is 2.06. The van der Waals surface area contributed by atoms with Gasteiger partial charge in [0.1, 0.15) is 0 Å². The lowest BCUT2D eigenvalue weighted by molar-refractivity contribution is 0.411. The van der Waals surface area contributed by atoms with Crippen LogP contribution in [0.4, 0.5) is 0 Å². The second-order valence-corrected chi connectivity index (χ2v) is 3.64. The van der Waals surface area contributed by atoms with Gasteiger partial charge in [-0.1, -0.05) is 24.3 Å². The summed E-state index contributed by atoms with van der Waals surface area (Å²) in [6, 6.07) is 8.03. The van der Waals surface area contributed by atoms with Gasteiger partial charge in [-0.25, -0.2) is 9.97 Å². The summed E-state index contributed by atoms with van der Waals surface area (Å²) in [4.78, 5) is 8.57. The highest BCUT2D eigenvalue weighted by Crippen LogP contribution is 2.21. The van der Waals surface area contributed by atoms with E-state index in [1.165, 1.54) is 5.56 Å². The fraction of sp³-hybridized carbons (Fsp3) is 0.231. The minimum Gasteiger partial charge on any atom is -0.494 e. The van der Waals surface area contributed by atoms with E-state index in [2.05, 4.69) is 16.0 Å². The number of ether oxygens (including phenoxy) is 1. The Bertz CT molecular complexity index is 482. The summed E-state index contributed by atoms with van der Waals surface area (Å²) in [7, 11) is 1.60. The van der Waals surface area contributed by atoms with E-state index in [-0.39, 0.29) is 0 Å². The Balaban J connectivity index is 2.37. The van der Waals surface area contributed by atoms with Crippen molar-refractivity contribution in [3.05, 3.63) is 42.2 Å². The molecule has 0 spiro atoms. The van der Waals surface area contributed by atoms with E-state index in [0.29, 0.717) is 18.1 Å². The van der Waals surface area contributed by atoms with Crippen molar-refractivity contribution in [3.63, 3.8) is 0 Å². The van der Waals surface area contributed by atoms with E-state index in [1.807, 2.05) is 18.2 Å².